The van der Waals surface area contributed by atoms with Crippen molar-refractivity contribution in [2.75, 3.05) is 30.3 Å². The summed E-state index contributed by atoms with van der Waals surface area (Å²) < 4.78 is 27.3. The van der Waals surface area contributed by atoms with Crippen LogP contribution < -0.4 is 4.90 Å². The molecule has 2 fully saturated rings. The third kappa shape index (κ3) is 5.18. The van der Waals surface area contributed by atoms with E-state index in [1.165, 1.54) is 23.5 Å². The number of piperidine rings is 1. The summed E-state index contributed by atoms with van der Waals surface area (Å²) >= 11 is 15.2. The Hall–Kier alpha value is -1.54. The number of alkyl halides is 2. The van der Waals surface area contributed by atoms with E-state index >= 15 is 0 Å². The largest absolute Gasteiger partial charge is 0.396 e. The maximum atomic E-state index is 13.6. The third-order valence-corrected chi connectivity index (χ3v) is 8.58. The molecule has 1 aliphatic heterocycles. The van der Waals surface area contributed by atoms with E-state index in [1.54, 1.807) is 6.07 Å². The Labute approximate surface area is 212 Å². The molecule has 182 valence electrons. The maximum absolute atomic E-state index is 13.6. The number of nitrogens with zero attached hydrogens (tertiary/aromatic N) is 2. The number of nitrogens with one attached hydrogen (secondary N) is 1. The summed E-state index contributed by atoms with van der Waals surface area (Å²) in [4.78, 5) is 11.2. The van der Waals surface area contributed by atoms with Gasteiger partial charge in [-0.3, -0.25) is 0 Å². The van der Waals surface area contributed by atoms with Gasteiger partial charge in [0.25, 0.3) is 5.92 Å². The van der Waals surface area contributed by atoms with E-state index in [0.717, 1.165) is 11.5 Å². The fourth-order valence-corrected chi connectivity index (χ4v) is 6.31. The zero-order valence-corrected chi connectivity index (χ0v) is 21.0. The summed E-state index contributed by atoms with van der Waals surface area (Å²) in [6, 6.07) is 10.2. The van der Waals surface area contributed by atoms with Crippen molar-refractivity contribution < 1.29 is 13.9 Å². The predicted molar refractivity (Wildman–Crippen MR) is 136 cm³/mol. The Kier molecular flexibility index (Phi) is 7.00. The number of aliphatic hydroxyl groups excluding tert-OH is 1. The van der Waals surface area contributed by atoms with Crippen molar-refractivity contribution in [3.63, 3.8) is 0 Å². The first-order valence-electron chi connectivity index (χ1n) is 11.7. The molecule has 0 bridgehead atoms. The van der Waals surface area contributed by atoms with E-state index in [1.807, 2.05) is 16.7 Å². The molecule has 2 aliphatic rings. The van der Waals surface area contributed by atoms with Gasteiger partial charge < -0.3 is 15.0 Å². The average molecular weight is 526 g/mol. The average Bonchev–Trinajstić information content (AvgIpc) is 3.55. The number of fused-ring (bicyclic) bond motifs is 1. The summed E-state index contributed by atoms with van der Waals surface area (Å²) in [6.07, 6.45) is 2.74. The number of hydrogen-bond donors (Lipinski definition) is 2. The zero-order valence-electron chi connectivity index (χ0n) is 18.7. The summed E-state index contributed by atoms with van der Waals surface area (Å²) in [6.45, 7) is 0.391. The van der Waals surface area contributed by atoms with Crippen LogP contribution >= 0.6 is 35.0 Å². The molecule has 9 heteroatoms. The van der Waals surface area contributed by atoms with Crippen molar-refractivity contribution in [3.05, 3.63) is 51.8 Å². The van der Waals surface area contributed by atoms with Crippen molar-refractivity contribution in [2.45, 2.75) is 48.8 Å². The quantitative estimate of drug-likeness (QED) is 0.307. The summed E-state index contributed by atoms with van der Waals surface area (Å²) in [5, 5.41) is 10.5. The molecule has 0 spiro atoms. The van der Waals surface area contributed by atoms with Crippen molar-refractivity contribution >= 4 is 51.7 Å². The van der Waals surface area contributed by atoms with Gasteiger partial charge in [0.05, 0.1) is 21.2 Å². The standard InChI is InChI=1S/C25H27Cl2F2N3OS/c26-19-13-20-22(21(27)23(19)32-10-8-25(28,29)9-11-32)31-24(30-20)18(7-12-33)16-3-5-17(6-4-16)34-14-15-1-2-15/h3-6,13,15,18,33H,1-2,7-12,14H2,(H,30,31). The highest BCUT2D eigenvalue weighted by Gasteiger charge is 2.35. The number of aromatic nitrogens is 2. The number of aromatic amines is 1. The van der Waals surface area contributed by atoms with Gasteiger partial charge in [0.1, 0.15) is 11.3 Å². The highest BCUT2D eigenvalue weighted by Crippen LogP contribution is 2.43. The molecular weight excluding hydrogens is 499 g/mol. The van der Waals surface area contributed by atoms with Crippen LogP contribution in [0.15, 0.2) is 35.2 Å². The Bertz CT molecular complexity index is 1160. The van der Waals surface area contributed by atoms with E-state index in [2.05, 4.69) is 29.2 Å². The topological polar surface area (TPSA) is 52.2 Å². The number of benzene rings is 2. The van der Waals surface area contributed by atoms with Gasteiger partial charge in [0, 0.05) is 49.1 Å². The lowest BCUT2D eigenvalue weighted by Gasteiger charge is -2.34. The number of H-pyrrole nitrogens is 1. The molecule has 3 aromatic rings. The summed E-state index contributed by atoms with van der Waals surface area (Å²) in [5.41, 5.74) is 2.87. The van der Waals surface area contributed by atoms with Gasteiger partial charge >= 0.3 is 0 Å². The van der Waals surface area contributed by atoms with Crippen LogP contribution in [0.2, 0.25) is 10.0 Å². The van der Waals surface area contributed by atoms with Crippen molar-refractivity contribution in [2.24, 2.45) is 5.92 Å². The monoisotopic (exact) mass is 525 g/mol. The molecule has 1 aliphatic carbocycles. The van der Waals surface area contributed by atoms with Crippen LogP contribution in [0.25, 0.3) is 11.0 Å². The minimum absolute atomic E-state index is 0.0155. The molecule has 2 aromatic carbocycles. The molecule has 1 atom stereocenters. The molecule has 1 unspecified atom stereocenters. The Morgan fingerprint density at radius 3 is 2.53 bits per heavy atom. The van der Waals surface area contributed by atoms with Crippen LogP contribution in [-0.4, -0.2) is 46.4 Å². The molecule has 1 saturated heterocycles. The molecule has 0 amide bonds. The van der Waals surface area contributed by atoms with Crippen LogP contribution in [0.1, 0.15) is 49.4 Å². The first-order chi connectivity index (χ1) is 16.3. The molecule has 2 heterocycles. The fraction of sp³-hybridized carbons (Fsp3) is 0.480. The third-order valence-electron chi connectivity index (χ3n) is 6.69. The molecular formula is C25H27Cl2F2N3OS. The van der Waals surface area contributed by atoms with E-state index in [4.69, 9.17) is 28.2 Å². The SMILES string of the molecule is OCCC(c1ccc(SCC2CC2)cc1)c1nc2c(Cl)c(N3CCC(F)(F)CC3)c(Cl)cc2[nH]1. The van der Waals surface area contributed by atoms with Gasteiger partial charge in [-0.2, -0.15) is 0 Å². The zero-order chi connectivity index (χ0) is 23.9. The first-order valence-corrected chi connectivity index (χ1v) is 13.4. The molecule has 1 saturated carbocycles. The minimum atomic E-state index is -2.65. The Morgan fingerprint density at radius 1 is 1.18 bits per heavy atom. The minimum Gasteiger partial charge on any atom is -0.396 e. The van der Waals surface area contributed by atoms with Crippen molar-refractivity contribution in [1.29, 1.82) is 0 Å². The van der Waals surface area contributed by atoms with Gasteiger partial charge in [-0.1, -0.05) is 35.3 Å². The van der Waals surface area contributed by atoms with Gasteiger partial charge in [0.2, 0.25) is 0 Å². The van der Waals surface area contributed by atoms with Crippen LogP contribution in [-0.2, 0) is 0 Å². The molecule has 5 rings (SSSR count). The molecule has 1 aromatic heterocycles. The van der Waals surface area contributed by atoms with Crippen LogP contribution in [0.3, 0.4) is 0 Å². The number of aliphatic hydroxyl groups is 1. The predicted octanol–water partition coefficient (Wildman–Crippen LogP) is 7.12. The van der Waals surface area contributed by atoms with E-state index < -0.39 is 5.92 Å². The fourth-order valence-electron chi connectivity index (χ4n) is 4.49. The molecule has 4 nitrogen and oxygen atoms in total. The lowest BCUT2D eigenvalue weighted by Crippen LogP contribution is -2.39. The second-order valence-electron chi connectivity index (χ2n) is 9.27. The highest BCUT2D eigenvalue weighted by atomic mass is 35.5. The van der Waals surface area contributed by atoms with Crippen LogP contribution in [0.5, 0.6) is 0 Å². The second-order valence-corrected chi connectivity index (χ2v) is 11.1. The van der Waals surface area contributed by atoms with Gasteiger partial charge in [-0.05, 0) is 48.9 Å². The van der Waals surface area contributed by atoms with Crippen molar-refractivity contribution in [1.82, 2.24) is 9.97 Å². The smallest absolute Gasteiger partial charge is 0.251 e. The summed E-state index contributed by atoms with van der Waals surface area (Å²) in [7, 11) is 0. The van der Waals surface area contributed by atoms with Gasteiger partial charge in [-0.15, -0.1) is 11.8 Å². The number of thioether (sulfide) groups is 1. The second kappa shape index (κ2) is 9.84. The lowest BCUT2D eigenvalue weighted by atomic mass is 9.95. The number of imidazole rings is 1. The molecule has 34 heavy (non-hydrogen) atoms. The summed E-state index contributed by atoms with van der Waals surface area (Å²) in [5.74, 6) is -0.0540. The number of rotatable bonds is 8. The molecule has 0 radical (unpaired) electrons. The van der Waals surface area contributed by atoms with E-state index in [9.17, 15) is 13.9 Å². The van der Waals surface area contributed by atoms with Crippen molar-refractivity contribution in [3.8, 4) is 0 Å². The normalized spacial score (nSPS) is 19.0. The lowest BCUT2D eigenvalue weighted by molar-refractivity contribution is -0.0220. The molecule has 2 N–H and O–H groups in total. The van der Waals surface area contributed by atoms with E-state index in [0.29, 0.717) is 39.0 Å². The highest BCUT2D eigenvalue weighted by molar-refractivity contribution is 7.99. The number of halogens is 4. The van der Waals surface area contributed by atoms with Gasteiger partial charge in [0.15, 0.2) is 0 Å². The number of hydrogen-bond acceptors (Lipinski definition) is 4. The van der Waals surface area contributed by atoms with Crippen LogP contribution in [0, 0.1) is 5.92 Å². The Morgan fingerprint density at radius 2 is 1.88 bits per heavy atom. The van der Waals surface area contributed by atoms with Gasteiger partial charge in [-0.25, -0.2) is 13.8 Å². The number of anilines is 1. The van der Waals surface area contributed by atoms with Crippen LogP contribution in [0.4, 0.5) is 14.5 Å². The maximum Gasteiger partial charge on any atom is 0.251 e. The Balaban J connectivity index is 1.43. The first kappa shape index (κ1) is 24.2. The van der Waals surface area contributed by atoms with E-state index in [-0.39, 0.29) is 38.5 Å².